The van der Waals surface area contributed by atoms with Crippen LogP contribution in [0.3, 0.4) is 0 Å². The second-order valence-corrected chi connectivity index (χ2v) is 9.24. The summed E-state index contributed by atoms with van der Waals surface area (Å²) < 4.78 is 31.1. The van der Waals surface area contributed by atoms with Crippen LogP contribution in [0.25, 0.3) is 0 Å². The minimum Gasteiger partial charge on any atom is -0.489 e. The molecule has 27 heavy (non-hydrogen) atoms. The van der Waals surface area contributed by atoms with Crippen LogP contribution in [0.2, 0.25) is 0 Å². The third kappa shape index (κ3) is 6.94. The second kappa shape index (κ2) is 8.43. The lowest BCUT2D eigenvalue weighted by atomic mass is 10.1. The number of anilines is 1. The van der Waals surface area contributed by atoms with Gasteiger partial charge in [0.05, 0.1) is 11.9 Å². The van der Waals surface area contributed by atoms with Gasteiger partial charge in [-0.2, -0.15) is 0 Å². The van der Waals surface area contributed by atoms with Crippen LogP contribution in [0.1, 0.15) is 26.3 Å². The summed E-state index contributed by atoms with van der Waals surface area (Å²) >= 11 is 0. The zero-order valence-electron chi connectivity index (χ0n) is 16.1. The van der Waals surface area contributed by atoms with Crippen molar-refractivity contribution in [3.63, 3.8) is 0 Å². The molecule has 0 saturated heterocycles. The summed E-state index contributed by atoms with van der Waals surface area (Å²) in [6.45, 7) is 5.67. The summed E-state index contributed by atoms with van der Waals surface area (Å²) in [6, 6.07) is 16.4. The molecule has 1 N–H and O–H groups in total. The van der Waals surface area contributed by atoms with Crippen molar-refractivity contribution in [1.82, 2.24) is 5.32 Å². The van der Waals surface area contributed by atoms with Gasteiger partial charge in [0.2, 0.25) is 15.9 Å². The lowest BCUT2D eigenvalue weighted by Crippen LogP contribution is -2.47. The fourth-order valence-corrected chi connectivity index (χ4v) is 3.29. The van der Waals surface area contributed by atoms with Gasteiger partial charge in [-0.25, -0.2) is 8.42 Å². The average Bonchev–Trinajstić information content (AvgIpc) is 2.57. The third-order valence-electron chi connectivity index (χ3n) is 3.57. The number of carbonyl (C=O) groups is 1. The molecule has 2 aromatic carbocycles. The minimum absolute atomic E-state index is 0.277. The van der Waals surface area contributed by atoms with Crippen molar-refractivity contribution in [2.24, 2.45) is 0 Å². The fraction of sp³-hybridized carbons (Fsp3) is 0.350. The van der Waals surface area contributed by atoms with Gasteiger partial charge in [0.1, 0.15) is 18.9 Å². The Morgan fingerprint density at radius 1 is 1.04 bits per heavy atom. The van der Waals surface area contributed by atoms with E-state index in [-0.39, 0.29) is 12.5 Å². The Kier molecular flexibility index (Phi) is 6.49. The van der Waals surface area contributed by atoms with E-state index in [9.17, 15) is 13.2 Å². The lowest BCUT2D eigenvalue weighted by molar-refractivity contribution is -0.121. The molecule has 0 unspecified atom stereocenters. The van der Waals surface area contributed by atoms with Crippen LogP contribution >= 0.6 is 0 Å². The number of amides is 1. The molecule has 1 amide bonds. The highest BCUT2D eigenvalue weighted by Crippen LogP contribution is 2.22. The van der Waals surface area contributed by atoms with Gasteiger partial charge in [0, 0.05) is 5.54 Å². The van der Waals surface area contributed by atoms with Crippen LogP contribution in [-0.2, 0) is 21.4 Å². The van der Waals surface area contributed by atoms with Crippen molar-refractivity contribution in [1.29, 1.82) is 0 Å². The van der Waals surface area contributed by atoms with Crippen LogP contribution in [0.5, 0.6) is 5.75 Å². The largest absolute Gasteiger partial charge is 0.489 e. The van der Waals surface area contributed by atoms with E-state index in [4.69, 9.17) is 4.74 Å². The predicted molar refractivity (Wildman–Crippen MR) is 107 cm³/mol. The minimum atomic E-state index is -3.61. The SMILES string of the molecule is CC(C)(C)NC(=O)CN(c1ccc(OCc2ccccc2)cc1)S(C)(=O)=O. The molecule has 0 atom stereocenters. The van der Waals surface area contributed by atoms with E-state index in [0.29, 0.717) is 18.0 Å². The quantitative estimate of drug-likeness (QED) is 0.789. The maximum Gasteiger partial charge on any atom is 0.241 e. The van der Waals surface area contributed by atoms with Gasteiger partial charge in [0.15, 0.2) is 0 Å². The van der Waals surface area contributed by atoms with E-state index in [2.05, 4.69) is 5.32 Å². The first-order valence-electron chi connectivity index (χ1n) is 8.60. The van der Waals surface area contributed by atoms with Crippen molar-refractivity contribution in [2.45, 2.75) is 32.9 Å². The Labute approximate surface area is 161 Å². The van der Waals surface area contributed by atoms with Gasteiger partial charge in [-0.15, -0.1) is 0 Å². The first kappa shape index (κ1) is 20.8. The van der Waals surface area contributed by atoms with Crippen molar-refractivity contribution in [3.05, 3.63) is 60.2 Å². The Morgan fingerprint density at radius 2 is 1.63 bits per heavy atom. The van der Waals surface area contributed by atoms with E-state index in [1.54, 1.807) is 24.3 Å². The van der Waals surface area contributed by atoms with Crippen LogP contribution in [0.15, 0.2) is 54.6 Å². The molecule has 7 heteroatoms. The number of rotatable bonds is 7. The normalized spacial score (nSPS) is 11.7. The Hall–Kier alpha value is -2.54. The molecular formula is C20H26N2O4S. The smallest absolute Gasteiger partial charge is 0.241 e. The number of ether oxygens (including phenoxy) is 1. The molecule has 2 rings (SSSR count). The summed E-state index contributed by atoms with van der Waals surface area (Å²) in [4.78, 5) is 12.2. The van der Waals surface area contributed by atoms with Crippen LogP contribution in [-0.4, -0.2) is 32.7 Å². The molecule has 0 radical (unpaired) electrons. The molecule has 0 aliphatic heterocycles. The topological polar surface area (TPSA) is 75.7 Å². The molecule has 6 nitrogen and oxygen atoms in total. The first-order chi connectivity index (χ1) is 12.5. The van der Waals surface area contributed by atoms with Gasteiger partial charge in [-0.1, -0.05) is 30.3 Å². The Bertz CT molecular complexity index is 857. The van der Waals surface area contributed by atoms with Crippen molar-refractivity contribution in [3.8, 4) is 5.75 Å². The van der Waals surface area contributed by atoms with E-state index >= 15 is 0 Å². The molecule has 0 bridgehead atoms. The monoisotopic (exact) mass is 390 g/mol. The Morgan fingerprint density at radius 3 is 2.15 bits per heavy atom. The average molecular weight is 391 g/mol. The molecule has 0 spiro atoms. The molecule has 0 aliphatic rings. The maximum absolute atomic E-state index is 12.2. The van der Waals surface area contributed by atoms with E-state index < -0.39 is 15.6 Å². The molecule has 0 heterocycles. The number of sulfonamides is 1. The van der Waals surface area contributed by atoms with Crippen molar-refractivity contribution < 1.29 is 17.9 Å². The summed E-state index contributed by atoms with van der Waals surface area (Å²) in [5.41, 5.74) is 1.02. The van der Waals surface area contributed by atoms with E-state index in [0.717, 1.165) is 16.1 Å². The zero-order valence-corrected chi connectivity index (χ0v) is 16.9. The maximum atomic E-state index is 12.2. The van der Waals surface area contributed by atoms with Gasteiger partial charge in [-0.05, 0) is 50.6 Å². The van der Waals surface area contributed by atoms with E-state index in [1.807, 2.05) is 51.1 Å². The van der Waals surface area contributed by atoms with Gasteiger partial charge < -0.3 is 10.1 Å². The van der Waals surface area contributed by atoms with Crippen molar-refractivity contribution >= 4 is 21.6 Å². The third-order valence-corrected chi connectivity index (χ3v) is 4.72. The molecule has 0 fully saturated rings. The molecule has 2 aromatic rings. The highest BCUT2D eigenvalue weighted by molar-refractivity contribution is 7.92. The molecule has 0 aliphatic carbocycles. The summed E-state index contributed by atoms with van der Waals surface area (Å²) in [7, 11) is -3.61. The molecule has 0 saturated carbocycles. The number of hydrogen-bond donors (Lipinski definition) is 1. The molecule has 146 valence electrons. The summed E-state index contributed by atoms with van der Waals surface area (Å²) in [5.74, 6) is 0.257. The van der Waals surface area contributed by atoms with Gasteiger partial charge in [-0.3, -0.25) is 9.10 Å². The zero-order chi connectivity index (χ0) is 20.1. The number of hydrogen-bond acceptors (Lipinski definition) is 4. The summed E-state index contributed by atoms with van der Waals surface area (Å²) in [5, 5.41) is 2.77. The molecule has 0 aromatic heterocycles. The number of benzene rings is 2. The highest BCUT2D eigenvalue weighted by Gasteiger charge is 2.23. The van der Waals surface area contributed by atoms with Crippen LogP contribution < -0.4 is 14.4 Å². The first-order valence-corrected chi connectivity index (χ1v) is 10.4. The van der Waals surface area contributed by atoms with Crippen LogP contribution in [0.4, 0.5) is 5.69 Å². The Balaban J connectivity index is 2.09. The second-order valence-electron chi connectivity index (χ2n) is 7.34. The predicted octanol–water partition coefficient (Wildman–Crippen LogP) is 2.95. The highest BCUT2D eigenvalue weighted by atomic mass is 32.2. The molecular weight excluding hydrogens is 364 g/mol. The van der Waals surface area contributed by atoms with Gasteiger partial charge >= 0.3 is 0 Å². The lowest BCUT2D eigenvalue weighted by Gasteiger charge is -2.25. The van der Waals surface area contributed by atoms with Gasteiger partial charge in [0.25, 0.3) is 0 Å². The van der Waals surface area contributed by atoms with E-state index in [1.165, 1.54) is 0 Å². The number of nitrogens with one attached hydrogen (secondary N) is 1. The number of carbonyl (C=O) groups excluding carboxylic acids is 1. The summed E-state index contributed by atoms with van der Waals surface area (Å²) in [6.07, 6.45) is 1.08. The number of nitrogens with zero attached hydrogens (tertiary/aromatic N) is 1. The standard InChI is InChI=1S/C20H26N2O4S/c1-20(2,3)21-19(23)14-22(27(4,24)25)17-10-12-18(13-11-17)26-15-16-8-6-5-7-9-16/h5-13H,14-15H2,1-4H3,(H,21,23). The van der Waals surface area contributed by atoms with Crippen molar-refractivity contribution in [2.75, 3.05) is 17.1 Å². The van der Waals surface area contributed by atoms with Crippen LogP contribution in [0, 0.1) is 0 Å². The fourth-order valence-electron chi connectivity index (χ4n) is 2.44.